The van der Waals surface area contributed by atoms with Crippen molar-refractivity contribution in [2.45, 2.75) is 31.8 Å². The molecule has 5 nitrogen and oxygen atoms in total. The number of hydrogen-bond donors (Lipinski definition) is 2. The molecule has 1 saturated heterocycles. The number of carbonyl (C=O) groups is 2. The molecular formula is C15H21N3O2. The largest absolute Gasteiger partial charge is 0.353 e. The van der Waals surface area contributed by atoms with Gasteiger partial charge in [0.25, 0.3) is 0 Å². The quantitative estimate of drug-likeness (QED) is 0.854. The molecule has 0 spiro atoms. The van der Waals surface area contributed by atoms with Crippen LogP contribution in [0.2, 0.25) is 0 Å². The molecule has 5 heteroatoms. The van der Waals surface area contributed by atoms with Crippen LogP contribution in [0.3, 0.4) is 0 Å². The van der Waals surface area contributed by atoms with Crippen molar-refractivity contribution in [3.05, 3.63) is 35.9 Å². The normalized spacial score (nSPS) is 20.4. The van der Waals surface area contributed by atoms with Gasteiger partial charge in [-0.15, -0.1) is 0 Å². The second-order valence-electron chi connectivity index (χ2n) is 5.02. The number of rotatable bonds is 4. The smallest absolute Gasteiger partial charge is 0.242 e. The van der Waals surface area contributed by atoms with E-state index < -0.39 is 0 Å². The molecule has 1 aromatic rings. The molecule has 0 unspecified atom stereocenters. The highest BCUT2D eigenvalue weighted by molar-refractivity contribution is 5.89. The highest BCUT2D eigenvalue weighted by atomic mass is 16.2. The maximum atomic E-state index is 12.4. The van der Waals surface area contributed by atoms with E-state index in [1.165, 1.54) is 0 Å². The Kier molecular flexibility index (Phi) is 4.74. The van der Waals surface area contributed by atoms with Crippen LogP contribution in [0.4, 0.5) is 0 Å². The Morgan fingerprint density at radius 1 is 1.45 bits per heavy atom. The topological polar surface area (TPSA) is 75.4 Å². The van der Waals surface area contributed by atoms with E-state index >= 15 is 0 Å². The molecule has 2 amide bonds. The summed E-state index contributed by atoms with van der Waals surface area (Å²) in [5.74, 6) is -0.122. The van der Waals surface area contributed by atoms with Gasteiger partial charge in [0.05, 0.1) is 0 Å². The summed E-state index contributed by atoms with van der Waals surface area (Å²) < 4.78 is 0. The Morgan fingerprint density at radius 3 is 2.80 bits per heavy atom. The zero-order chi connectivity index (χ0) is 14.5. The van der Waals surface area contributed by atoms with E-state index in [0.29, 0.717) is 19.5 Å². The first-order chi connectivity index (χ1) is 9.63. The monoisotopic (exact) mass is 275 g/mol. The Morgan fingerprint density at radius 2 is 2.15 bits per heavy atom. The van der Waals surface area contributed by atoms with Crippen LogP contribution in [0.25, 0.3) is 0 Å². The first kappa shape index (κ1) is 14.5. The van der Waals surface area contributed by atoms with Crippen LogP contribution in [0.5, 0.6) is 0 Å². The van der Waals surface area contributed by atoms with E-state index in [0.717, 1.165) is 5.56 Å². The number of nitrogens with one attached hydrogen (secondary N) is 1. The average Bonchev–Trinajstić information content (AvgIpc) is 2.47. The molecule has 1 heterocycles. The number of nitrogens with zero attached hydrogens (tertiary/aromatic N) is 1. The molecule has 3 N–H and O–H groups in total. The molecule has 0 saturated carbocycles. The van der Waals surface area contributed by atoms with Crippen molar-refractivity contribution < 1.29 is 9.59 Å². The summed E-state index contributed by atoms with van der Waals surface area (Å²) in [5.41, 5.74) is 7.02. The third kappa shape index (κ3) is 3.17. The molecule has 108 valence electrons. The molecule has 20 heavy (non-hydrogen) atoms. The van der Waals surface area contributed by atoms with Crippen molar-refractivity contribution >= 4 is 11.8 Å². The molecule has 2 rings (SSSR count). The zero-order valence-electron chi connectivity index (χ0n) is 11.7. The second-order valence-corrected chi connectivity index (χ2v) is 5.02. The highest BCUT2D eigenvalue weighted by Gasteiger charge is 2.32. The number of carbonyl (C=O) groups excluding carboxylic acids is 2. The lowest BCUT2D eigenvalue weighted by Crippen LogP contribution is -2.57. The van der Waals surface area contributed by atoms with Gasteiger partial charge in [0.2, 0.25) is 11.8 Å². The van der Waals surface area contributed by atoms with E-state index in [2.05, 4.69) is 5.32 Å². The summed E-state index contributed by atoms with van der Waals surface area (Å²) in [4.78, 5) is 25.8. The number of piperazine rings is 1. The molecule has 1 aromatic carbocycles. The lowest BCUT2D eigenvalue weighted by atomic mass is 10.0. The zero-order valence-corrected chi connectivity index (χ0v) is 11.7. The Balaban J connectivity index is 2.02. The first-order valence-corrected chi connectivity index (χ1v) is 7.01. The molecule has 0 radical (unpaired) electrons. The molecule has 1 aliphatic heterocycles. The van der Waals surface area contributed by atoms with Gasteiger partial charge < -0.3 is 16.0 Å². The Bertz CT molecular complexity index is 475. The minimum atomic E-state index is -0.362. The Labute approximate surface area is 119 Å². The van der Waals surface area contributed by atoms with Gasteiger partial charge in [-0.3, -0.25) is 9.59 Å². The van der Waals surface area contributed by atoms with E-state index in [4.69, 9.17) is 5.73 Å². The van der Waals surface area contributed by atoms with Crippen LogP contribution in [0.15, 0.2) is 30.3 Å². The summed E-state index contributed by atoms with van der Waals surface area (Å²) in [6, 6.07) is 8.87. The van der Waals surface area contributed by atoms with Crippen LogP contribution < -0.4 is 11.1 Å². The van der Waals surface area contributed by atoms with E-state index in [1.54, 1.807) is 4.90 Å². The van der Waals surface area contributed by atoms with Crippen molar-refractivity contribution in [2.75, 3.05) is 13.1 Å². The van der Waals surface area contributed by atoms with E-state index in [-0.39, 0.29) is 30.3 Å². The molecule has 0 aliphatic carbocycles. The van der Waals surface area contributed by atoms with Gasteiger partial charge in [0, 0.05) is 25.6 Å². The van der Waals surface area contributed by atoms with Crippen LogP contribution in [0, 0.1) is 0 Å². The Hall–Kier alpha value is -1.88. The molecule has 1 fully saturated rings. The minimum absolute atomic E-state index is 0.0527. The standard InChI is InChI=1S/C15H21N3O2/c1-2-13-15(20)17-8-9-18(13)14(19)10-12(16)11-6-4-3-5-7-11/h3-7,12-13H,2,8-10,16H2,1H3,(H,17,20)/t12-,13-/m1/s1. The molecule has 0 aromatic heterocycles. The van der Waals surface area contributed by atoms with Crippen molar-refractivity contribution in [2.24, 2.45) is 5.73 Å². The fourth-order valence-electron chi connectivity index (χ4n) is 2.54. The van der Waals surface area contributed by atoms with Gasteiger partial charge in [-0.1, -0.05) is 37.3 Å². The summed E-state index contributed by atoms with van der Waals surface area (Å²) in [6.07, 6.45) is 0.853. The van der Waals surface area contributed by atoms with E-state index in [9.17, 15) is 9.59 Å². The van der Waals surface area contributed by atoms with Gasteiger partial charge in [-0.2, -0.15) is 0 Å². The predicted octanol–water partition coefficient (Wildman–Crippen LogP) is 0.814. The maximum Gasteiger partial charge on any atom is 0.242 e. The third-order valence-corrected chi connectivity index (χ3v) is 3.66. The summed E-state index contributed by atoms with van der Waals surface area (Å²) in [5, 5.41) is 2.79. The van der Waals surface area contributed by atoms with Gasteiger partial charge in [-0.25, -0.2) is 0 Å². The SMILES string of the molecule is CC[C@@H]1C(=O)NCCN1C(=O)C[C@@H](N)c1ccccc1. The number of benzene rings is 1. The lowest BCUT2D eigenvalue weighted by Gasteiger charge is -2.35. The van der Waals surface area contributed by atoms with E-state index in [1.807, 2.05) is 37.3 Å². The van der Waals surface area contributed by atoms with Crippen LogP contribution in [-0.2, 0) is 9.59 Å². The van der Waals surface area contributed by atoms with Crippen LogP contribution >= 0.6 is 0 Å². The first-order valence-electron chi connectivity index (χ1n) is 7.01. The fraction of sp³-hybridized carbons (Fsp3) is 0.467. The summed E-state index contributed by atoms with van der Waals surface area (Å²) in [7, 11) is 0. The molecule has 2 atom stereocenters. The molecular weight excluding hydrogens is 254 g/mol. The van der Waals surface area contributed by atoms with Crippen LogP contribution in [-0.4, -0.2) is 35.8 Å². The summed E-state index contributed by atoms with van der Waals surface area (Å²) in [6.45, 7) is 2.99. The van der Waals surface area contributed by atoms with Crippen molar-refractivity contribution in [3.63, 3.8) is 0 Å². The van der Waals surface area contributed by atoms with Crippen LogP contribution in [0.1, 0.15) is 31.4 Å². The predicted molar refractivity (Wildman–Crippen MR) is 76.8 cm³/mol. The summed E-state index contributed by atoms with van der Waals surface area (Å²) >= 11 is 0. The number of nitrogens with two attached hydrogens (primary N) is 1. The van der Waals surface area contributed by atoms with Gasteiger partial charge in [-0.05, 0) is 12.0 Å². The highest BCUT2D eigenvalue weighted by Crippen LogP contribution is 2.17. The number of hydrogen-bond acceptors (Lipinski definition) is 3. The molecule has 0 bridgehead atoms. The fourth-order valence-corrected chi connectivity index (χ4v) is 2.54. The van der Waals surface area contributed by atoms with Crippen molar-refractivity contribution in [1.82, 2.24) is 10.2 Å². The van der Waals surface area contributed by atoms with Gasteiger partial charge in [0.15, 0.2) is 0 Å². The molecule has 1 aliphatic rings. The third-order valence-electron chi connectivity index (χ3n) is 3.66. The number of amides is 2. The van der Waals surface area contributed by atoms with Gasteiger partial charge >= 0.3 is 0 Å². The lowest BCUT2D eigenvalue weighted by molar-refractivity contribution is -0.143. The maximum absolute atomic E-state index is 12.4. The second kappa shape index (κ2) is 6.52. The minimum Gasteiger partial charge on any atom is -0.353 e. The van der Waals surface area contributed by atoms with Crippen molar-refractivity contribution in [1.29, 1.82) is 0 Å². The average molecular weight is 275 g/mol. The van der Waals surface area contributed by atoms with Gasteiger partial charge in [0.1, 0.15) is 6.04 Å². The van der Waals surface area contributed by atoms with Crippen molar-refractivity contribution in [3.8, 4) is 0 Å².